The van der Waals surface area contributed by atoms with Crippen molar-refractivity contribution >= 4 is 17.5 Å². The van der Waals surface area contributed by atoms with Crippen LogP contribution in [-0.4, -0.2) is 5.91 Å². The molecule has 0 fully saturated rings. The smallest absolute Gasteiger partial charge is 0.217 e. The van der Waals surface area contributed by atoms with Crippen LogP contribution < -0.4 is 5.32 Å². The van der Waals surface area contributed by atoms with Crippen molar-refractivity contribution in [1.29, 1.82) is 0 Å². The predicted octanol–water partition coefficient (Wildman–Crippen LogP) is 3.01. The quantitative estimate of drug-likeness (QED) is 0.785. The summed E-state index contributed by atoms with van der Waals surface area (Å²) in [6, 6.07) is 8.12. The number of carbonyl (C=O) groups is 1. The third-order valence-corrected chi connectivity index (χ3v) is 2.63. The zero-order chi connectivity index (χ0) is 11.3. The topological polar surface area (TPSA) is 29.1 Å². The first-order valence-corrected chi connectivity index (χ1v) is 5.62. The molecule has 0 saturated heterocycles. The second-order valence-corrected chi connectivity index (χ2v) is 3.80. The van der Waals surface area contributed by atoms with Crippen LogP contribution in [0.1, 0.15) is 37.4 Å². The van der Waals surface area contributed by atoms with Crippen LogP contribution in [0, 0.1) is 0 Å². The first-order valence-electron chi connectivity index (χ1n) is 5.09. The molecular formula is C12H16ClNO. The number of alkyl halides is 1. The van der Waals surface area contributed by atoms with Gasteiger partial charge in [0.1, 0.15) is 0 Å². The molecule has 1 atom stereocenters. The molecule has 3 heteroatoms. The second kappa shape index (κ2) is 5.76. The van der Waals surface area contributed by atoms with E-state index in [1.165, 1.54) is 6.92 Å². The molecule has 1 amide bonds. The first-order chi connectivity index (χ1) is 7.17. The van der Waals surface area contributed by atoms with Gasteiger partial charge in [0, 0.05) is 12.8 Å². The summed E-state index contributed by atoms with van der Waals surface area (Å²) in [6.07, 6.45) is 0.889. The summed E-state index contributed by atoms with van der Waals surface area (Å²) in [5, 5.41) is 2.91. The second-order valence-electron chi connectivity index (χ2n) is 3.54. The van der Waals surface area contributed by atoms with Crippen molar-refractivity contribution in [3.8, 4) is 0 Å². The molecule has 0 heterocycles. The zero-order valence-corrected chi connectivity index (χ0v) is 9.84. The molecule has 0 aliphatic rings. The molecule has 0 aromatic heterocycles. The summed E-state index contributed by atoms with van der Waals surface area (Å²) in [5.41, 5.74) is 2.22. The molecule has 0 aliphatic carbocycles. The van der Waals surface area contributed by atoms with E-state index in [2.05, 4.69) is 12.2 Å². The first kappa shape index (κ1) is 12.1. The van der Waals surface area contributed by atoms with Crippen LogP contribution in [0.4, 0.5) is 0 Å². The number of hydrogen-bond acceptors (Lipinski definition) is 1. The van der Waals surface area contributed by atoms with Gasteiger partial charge in [-0.2, -0.15) is 0 Å². The number of carbonyl (C=O) groups excluding carboxylic acids is 1. The molecule has 1 rings (SSSR count). The van der Waals surface area contributed by atoms with Gasteiger partial charge in [0.05, 0.1) is 6.04 Å². The monoisotopic (exact) mass is 225 g/mol. The molecule has 1 N–H and O–H groups in total. The largest absolute Gasteiger partial charge is 0.350 e. The summed E-state index contributed by atoms with van der Waals surface area (Å²) in [7, 11) is 0. The van der Waals surface area contributed by atoms with E-state index >= 15 is 0 Å². The fourth-order valence-corrected chi connectivity index (χ4v) is 1.68. The Labute approximate surface area is 95.6 Å². The molecule has 0 radical (unpaired) electrons. The fourth-order valence-electron chi connectivity index (χ4n) is 1.51. The Bertz CT molecular complexity index is 321. The molecule has 0 saturated carbocycles. The lowest BCUT2D eigenvalue weighted by molar-refractivity contribution is -0.119. The average molecular weight is 226 g/mol. The van der Waals surface area contributed by atoms with Crippen molar-refractivity contribution in [1.82, 2.24) is 5.32 Å². The van der Waals surface area contributed by atoms with Gasteiger partial charge in [-0.15, -0.1) is 11.6 Å². The van der Waals surface area contributed by atoms with E-state index in [0.717, 1.165) is 17.5 Å². The van der Waals surface area contributed by atoms with E-state index in [-0.39, 0.29) is 11.9 Å². The van der Waals surface area contributed by atoms with Crippen molar-refractivity contribution in [2.75, 3.05) is 0 Å². The van der Waals surface area contributed by atoms with E-state index in [4.69, 9.17) is 11.6 Å². The van der Waals surface area contributed by atoms with Gasteiger partial charge >= 0.3 is 0 Å². The Kier molecular flexibility index (Phi) is 4.63. The van der Waals surface area contributed by atoms with Crippen LogP contribution in [0.5, 0.6) is 0 Å². The number of rotatable bonds is 4. The maximum Gasteiger partial charge on any atom is 0.217 e. The lowest BCUT2D eigenvalue weighted by Gasteiger charge is -2.16. The van der Waals surface area contributed by atoms with Crippen LogP contribution in [-0.2, 0) is 10.7 Å². The minimum Gasteiger partial charge on any atom is -0.350 e. The summed E-state index contributed by atoms with van der Waals surface area (Å²) in [6.45, 7) is 3.59. The minimum absolute atomic E-state index is 0.00303. The highest BCUT2D eigenvalue weighted by Crippen LogP contribution is 2.17. The Morgan fingerprint density at radius 3 is 2.40 bits per heavy atom. The minimum atomic E-state index is 0.00303. The molecule has 0 bridgehead atoms. The Hall–Kier alpha value is -1.02. The molecule has 1 aromatic rings. The Morgan fingerprint density at radius 2 is 2.00 bits per heavy atom. The zero-order valence-electron chi connectivity index (χ0n) is 9.09. The molecule has 1 aromatic carbocycles. The maximum atomic E-state index is 11.0. The van der Waals surface area contributed by atoms with E-state index in [1.54, 1.807) is 0 Å². The predicted molar refractivity (Wildman–Crippen MR) is 62.8 cm³/mol. The van der Waals surface area contributed by atoms with Crippen molar-refractivity contribution < 1.29 is 4.79 Å². The molecule has 0 spiro atoms. The van der Waals surface area contributed by atoms with Crippen LogP contribution in [0.2, 0.25) is 0 Å². The third-order valence-electron chi connectivity index (χ3n) is 2.32. The number of benzene rings is 1. The standard InChI is InChI=1S/C12H16ClNO/c1-3-12(14-9(2)15)11-6-4-10(8-13)5-7-11/h4-7,12H,3,8H2,1-2H3,(H,14,15). The van der Waals surface area contributed by atoms with Crippen molar-refractivity contribution in [2.24, 2.45) is 0 Å². The fraction of sp³-hybridized carbons (Fsp3) is 0.417. The van der Waals surface area contributed by atoms with Gasteiger partial charge in [-0.1, -0.05) is 31.2 Å². The number of halogens is 1. The summed E-state index contributed by atoms with van der Waals surface area (Å²) < 4.78 is 0. The highest BCUT2D eigenvalue weighted by atomic mass is 35.5. The van der Waals surface area contributed by atoms with E-state index in [9.17, 15) is 4.79 Å². The SMILES string of the molecule is CCC(NC(C)=O)c1ccc(CCl)cc1. The van der Waals surface area contributed by atoms with E-state index in [0.29, 0.717) is 5.88 Å². The van der Waals surface area contributed by atoms with Crippen LogP contribution in [0.15, 0.2) is 24.3 Å². The lowest BCUT2D eigenvalue weighted by Crippen LogP contribution is -2.25. The third kappa shape index (κ3) is 3.56. The molecular weight excluding hydrogens is 210 g/mol. The Balaban J connectivity index is 2.78. The Morgan fingerprint density at radius 1 is 1.40 bits per heavy atom. The molecule has 1 unspecified atom stereocenters. The van der Waals surface area contributed by atoms with Gasteiger partial charge in [-0.25, -0.2) is 0 Å². The summed E-state index contributed by atoms with van der Waals surface area (Å²) >= 11 is 5.71. The van der Waals surface area contributed by atoms with Crippen molar-refractivity contribution in [3.63, 3.8) is 0 Å². The molecule has 0 aliphatic heterocycles. The molecule has 15 heavy (non-hydrogen) atoms. The van der Waals surface area contributed by atoms with Gasteiger partial charge in [0.2, 0.25) is 5.91 Å². The van der Waals surface area contributed by atoms with Crippen LogP contribution in [0.25, 0.3) is 0 Å². The lowest BCUT2D eigenvalue weighted by atomic mass is 10.0. The van der Waals surface area contributed by atoms with E-state index < -0.39 is 0 Å². The molecule has 82 valence electrons. The molecule has 2 nitrogen and oxygen atoms in total. The van der Waals surface area contributed by atoms with Crippen LogP contribution >= 0.6 is 11.6 Å². The summed E-state index contributed by atoms with van der Waals surface area (Å²) in [5.74, 6) is 0.528. The van der Waals surface area contributed by atoms with E-state index in [1.807, 2.05) is 24.3 Å². The average Bonchev–Trinajstić information content (AvgIpc) is 2.26. The van der Waals surface area contributed by atoms with Crippen molar-refractivity contribution in [3.05, 3.63) is 35.4 Å². The van der Waals surface area contributed by atoms with Crippen LogP contribution in [0.3, 0.4) is 0 Å². The van der Waals surface area contributed by atoms with Gasteiger partial charge in [-0.05, 0) is 17.5 Å². The summed E-state index contributed by atoms with van der Waals surface area (Å²) in [4.78, 5) is 11.0. The highest BCUT2D eigenvalue weighted by Gasteiger charge is 2.09. The number of amides is 1. The number of nitrogens with one attached hydrogen (secondary N) is 1. The van der Waals surface area contributed by atoms with Gasteiger partial charge in [0.25, 0.3) is 0 Å². The maximum absolute atomic E-state index is 11.0. The number of hydrogen-bond donors (Lipinski definition) is 1. The van der Waals surface area contributed by atoms with Gasteiger partial charge < -0.3 is 5.32 Å². The van der Waals surface area contributed by atoms with Gasteiger partial charge in [0.15, 0.2) is 0 Å². The normalized spacial score (nSPS) is 12.2. The van der Waals surface area contributed by atoms with Crippen molar-refractivity contribution in [2.45, 2.75) is 32.2 Å². The highest BCUT2D eigenvalue weighted by molar-refractivity contribution is 6.17. The van der Waals surface area contributed by atoms with Gasteiger partial charge in [-0.3, -0.25) is 4.79 Å².